The number of methoxy groups -OCH3 is 2. The van der Waals surface area contributed by atoms with Crippen LogP contribution in [0.4, 0.5) is 5.69 Å². The quantitative estimate of drug-likeness (QED) is 0.691. The molecule has 3 rings (SSSR count). The Morgan fingerprint density at radius 3 is 2.57 bits per heavy atom. The van der Waals surface area contributed by atoms with Gasteiger partial charge in [0.2, 0.25) is 5.91 Å². The molecule has 2 N–H and O–H groups in total. The van der Waals surface area contributed by atoms with Crippen LogP contribution in [-0.4, -0.2) is 32.1 Å². The van der Waals surface area contributed by atoms with Gasteiger partial charge in [0.1, 0.15) is 0 Å². The molecule has 2 aromatic rings. The van der Waals surface area contributed by atoms with Gasteiger partial charge in [-0.1, -0.05) is 23.7 Å². The molecule has 0 aromatic heterocycles. The fourth-order valence-corrected chi connectivity index (χ4v) is 2.96. The first-order valence-corrected chi connectivity index (χ1v) is 9.20. The minimum absolute atomic E-state index is 0.186. The van der Waals surface area contributed by atoms with Crippen LogP contribution in [0.1, 0.15) is 28.8 Å². The van der Waals surface area contributed by atoms with Crippen LogP contribution in [-0.2, 0) is 4.79 Å². The average Bonchev–Trinajstić information content (AvgIpc) is 3.50. The fraction of sp³-hybridized carbons (Fsp3) is 0.238. The van der Waals surface area contributed by atoms with Crippen LogP contribution in [0.5, 0.6) is 11.5 Å². The summed E-state index contributed by atoms with van der Waals surface area (Å²) in [5.74, 6) is 0.352. The molecule has 146 valence electrons. The standard InChI is InChI=1S/C21H21ClN2O4/c1-27-18-12-13(11-16(22)20(18)28-2)7-10-19(25)24-17-6-4-3-5-15(17)21(26)23-14-8-9-14/h3-7,10-12,14H,8-9H2,1-2H3,(H,23,26)(H,24,25)/b10-7+. The smallest absolute Gasteiger partial charge is 0.253 e. The number of hydrogen-bond donors (Lipinski definition) is 2. The van der Waals surface area contributed by atoms with Crippen LogP contribution in [0.2, 0.25) is 5.02 Å². The van der Waals surface area contributed by atoms with Gasteiger partial charge in [-0.3, -0.25) is 9.59 Å². The Balaban J connectivity index is 1.72. The zero-order chi connectivity index (χ0) is 20.1. The third kappa shape index (κ3) is 4.84. The van der Waals surface area contributed by atoms with Gasteiger partial charge < -0.3 is 20.1 Å². The predicted molar refractivity (Wildman–Crippen MR) is 109 cm³/mol. The lowest BCUT2D eigenvalue weighted by atomic mass is 10.1. The van der Waals surface area contributed by atoms with Gasteiger partial charge in [-0.2, -0.15) is 0 Å². The molecule has 1 aliphatic carbocycles. The highest BCUT2D eigenvalue weighted by Gasteiger charge is 2.24. The van der Waals surface area contributed by atoms with Gasteiger partial charge >= 0.3 is 0 Å². The number of benzene rings is 2. The van der Waals surface area contributed by atoms with E-state index >= 15 is 0 Å². The van der Waals surface area contributed by atoms with E-state index in [1.165, 1.54) is 20.3 Å². The molecule has 1 saturated carbocycles. The summed E-state index contributed by atoms with van der Waals surface area (Å²) in [7, 11) is 3.02. The number of carbonyl (C=O) groups excluding carboxylic acids is 2. The molecule has 1 fully saturated rings. The number of ether oxygens (including phenoxy) is 2. The van der Waals surface area contributed by atoms with E-state index < -0.39 is 0 Å². The maximum atomic E-state index is 12.3. The first kappa shape index (κ1) is 19.8. The second-order valence-corrected chi connectivity index (χ2v) is 6.76. The third-order valence-electron chi connectivity index (χ3n) is 4.23. The molecule has 0 aliphatic heterocycles. The number of rotatable bonds is 7. The van der Waals surface area contributed by atoms with Crippen LogP contribution in [0, 0.1) is 0 Å². The molecule has 0 heterocycles. The van der Waals surface area contributed by atoms with Gasteiger partial charge in [-0.15, -0.1) is 0 Å². The number of para-hydroxylation sites is 1. The summed E-state index contributed by atoms with van der Waals surface area (Å²) in [6, 6.07) is 10.5. The zero-order valence-corrected chi connectivity index (χ0v) is 16.4. The molecule has 0 unspecified atom stereocenters. The molecule has 2 amide bonds. The summed E-state index contributed by atoms with van der Waals surface area (Å²) in [5.41, 5.74) is 1.57. The molecule has 7 heteroatoms. The molecule has 2 aromatic carbocycles. The Morgan fingerprint density at radius 2 is 1.89 bits per heavy atom. The van der Waals surface area contributed by atoms with Gasteiger partial charge in [0.15, 0.2) is 11.5 Å². The van der Waals surface area contributed by atoms with E-state index in [-0.39, 0.29) is 17.9 Å². The van der Waals surface area contributed by atoms with E-state index in [2.05, 4.69) is 10.6 Å². The van der Waals surface area contributed by atoms with Crippen LogP contribution in [0.25, 0.3) is 6.08 Å². The van der Waals surface area contributed by atoms with Crippen molar-refractivity contribution >= 4 is 35.2 Å². The van der Waals surface area contributed by atoms with Crippen molar-refractivity contribution in [1.82, 2.24) is 5.32 Å². The van der Waals surface area contributed by atoms with Crippen molar-refractivity contribution < 1.29 is 19.1 Å². The number of anilines is 1. The summed E-state index contributed by atoms with van der Waals surface area (Å²) in [4.78, 5) is 24.7. The third-order valence-corrected chi connectivity index (χ3v) is 4.51. The van der Waals surface area contributed by atoms with Gasteiger partial charge in [0, 0.05) is 12.1 Å². The molecular formula is C21H21ClN2O4. The molecule has 0 atom stereocenters. The SMILES string of the molecule is COc1cc(/C=C/C(=O)Nc2ccccc2C(=O)NC2CC2)cc(Cl)c1OC. The van der Waals surface area contributed by atoms with Crippen molar-refractivity contribution in [2.45, 2.75) is 18.9 Å². The molecule has 0 bridgehead atoms. The topological polar surface area (TPSA) is 76.7 Å². The molecule has 6 nitrogen and oxygen atoms in total. The first-order valence-electron chi connectivity index (χ1n) is 8.82. The monoisotopic (exact) mass is 400 g/mol. The maximum absolute atomic E-state index is 12.3. The predicted octanol–water partition coefficient (Wildman–Crippen LogP) is 3.90. The van der Waals surface area contributed by atoms with Crippen LogP contribution < -0.4 is 20.1 Å². The molecular weight excluding hydrogens is 380 g/mol. The van der Waals surface area contributed by atoms with E-state index in [0.29, 0.717) is 33.3 Å². The maximum Gasteiger partial charge on any atom is 0.253 e. The molecule has 0 spiro atoms. The first-order chi connectivity index (χ1) is 13.5. The highest BCUT2D eigenvalue weighted by molar-refractivity contribution is 6.32. The minimum atomic E-state index is -0.363. The largest absolute Gasteiger partial charge is 0.493 e. The highest BCUT2D eigenvalue weighted by atomic mass is 35.5. The zero-order valence-electron chi connectivity index (χ0n) is 15.6. The van der Waals surface area contributed by atoms with E-state index in [9.17, 15) is 9.59 Å². The van der Waals surface area contributed by atoms with Crippen molar-refractivity contribution in [3.63, 3.8) is 0 Å². The van der Waals surface area contributed by atoms with E-state index in [1.807, 2.05) is 0 Å². The summed E-state index contributed by atoms with van der Waals surface area (Å²) in [6.07, 6.45) is 4.97. The lowest BCUT2D eigenvalue weighted by Gasteiger charge is -2.11. The van der Waals surface area contributed by atoms with Crippen molar-refractivity contribution in [2.24, 2.45) is 0 Å². The van der Waals surface area contributed by atoms with Crippen molar-refractivity contribution in [1.29, 1.82) is 0 Å². The van der Waals surface area contributed by atoms with Crippen molar-refractivity contribution in [2.75, 3.05) is 19.5 Å². The van der Waals surface area contributed by atoms with Gasteiger partial charge in [-0.25, -0.2) is 0 Å². The number of carbonyl (C=O) groups is 2. The van der Waals surface area contributed by atoms with E-state index in [4.69, 9.17) is 21.1 Å². The second-order valence-electron chi connectivity index (χ2n) is 6.35. The van der Waals surface area contributed by atoms with Gasteiger partial charge in [-0.05, 0) is 48.7 Å². The van der Waals surface area contributed by atoms with Gasteiger partial charge in [0.25, 0.3) is 5.91 Å². The molecule has 1 aliphatic rings. The Labute approximate surface area is 168 Å². The highest BCUT2D eigenvalue weighted by Crippen LogP contribution is 2.36. The Hall–Kier alpha value is -2.99. The molecule has 0 saturated heterocycles. The van der Waals surface area contributed by atoms with Crippen molar-refractivity contribution in [3.8, 4) is 11.5 Å². The van der Waals surface area contributed by atoms with E-state index in [1.54, 1.807) is 42.5 Å². The fourth-order valence-electron chi connectivity index (χ4n) is 2.66. The summed E-state index contributed by atoms with van der Waals surface area (Å²) in [6.45, 7) is 0. The summed E-state index contributed by atoms with van der Waals surface area (Å²) < 4.78 is 10.4. The Kier molecular flexibility index (Phi) is 6.21. The lowest BCUT2D eigenvalue weighted by Crippen LogP contribution is -2.26. The lowest BCUT2D eigenvalue weighted by molar-refractivity contribution is -0.111. The van der Waals surface area contributed by atoms with Crippen LogP contribution in [0.3, 0.4) is 0 Å². The Morgan fingerprint density at radius 1 is 1.14 bits per heavy atom. The second kappa shape index (κ2) is 8.80. The molecule has 0 radical (unpaired) electrons. The molecule has 28 heavy (non-hydrogen) atoms. The average molecular weight is 401 g/mol. The number of hydrogen-bond acceptors (Lipinski definition) is 4. The number of nitrogens with one attached hydrogen (secondary N) is 2. The van der Waals surface area contributed by atoms with E-state index in [0.717, 1.165) is 12.8 Å². The van der Waals surface area contributed by atoms with Gasteiger partial charge in [0.05, 0.1) is 30.5 Å². The summed E-state index contributed by atoms with van der Waals surface area (Å²) in [5, 5.41) is 6.05. The normalized spacial score (nSPS) is 13.2. The minimum Gasteiger partial charge on any atom is -0.493 e. The van der Waals surface area contributed by atoms with Crippen molar-refractivity contribution in [3.05, 3.63) is 58.6 Å². The van der Waals surface area contributed by atoms with Crippen LogP contribution in [0.15, 0.2) is 42.5 Å². The number of amides is 2. The Bertz CT molecular complexity index is 923. The summed E-state index contributed by atoms with van der Waals surface area (Å²) >= 11 is 6.18. The van der Waals surface area contributed by atoms with Crippen LogP contribution >= 0.6 is 11.6 Å². The number of halogens is 1.